The van der Waals surface area contributed by atoms with Gasteiger partial charge in [0.25, 0.3) is 0 Å². The first kappa shape index (κ1) is 8.11. The first-order valence-corrected chi connectivity index (χ1v) is 3.81. The Hall–Kier alpha value is -0.990. The van der Waals surface area contributed by atoms with Crippen molar-refractivity contribution in [2.24, 2.45) is 5.92 Å². The van der Waals surface area contributed by atoms with Crippen molar-refractivity contribution < 1.29 is 0 Å². The fraction of sp³-hybridized carbons (Fsp3) is 0.625. The molecule has 0 spiro atoms. The van der Waals surface area contributed by atoms with E-state index >= 15 is 0 Å². The molecule has 0 bridgehead atoms. The molecule has 1 aliphatic heterocycles. The number of likely N-dealkylation sites (N-methyl/N-ethyl adjacent to an activating group) is 1. The van der Waals surface area contributed by atoms with Crippen molar-refractivity contribution in [3.63, 3.8) is 0 Å². The summed E-state index contributed by atoms with van der Waals surface area (Å²) in [6.07, 6.45) is 0. The molecule has 3 heteroatoms. The molecule has 0 aliphatic carbocycles. The summed E-state index contributed by atoms with van der Waals surface area (Å²) < 4.78 is 0. The van der Waals surface area contributed by atoms with Crippen LogP contribution in [0.5, 0.6) is 0 Å². The van der Waals surface area contributed by atoms with Gasteiger partial charge in [-0.05, 0) is 5.92 Å². The Morgan fingerprint density at radius 2 is 2.18 bits per heavy atom. The molecule has 62 valence electrons. The van der Waals surface area contributed by atoms with Gasteiger partial charge in [-0.1, -0.05) is 20.4 Å². The Morgan fingerprint density at radius 3 is 2.36 bits per heavy atom. The van der Waals surface area contributed by atoms with Crippen LogP contribution in [0.2, 0.25) is 0 Å². The van der Waals surface area contributed by atoms with E-state index in [1.807, 2.05) is 7.05 Å². The number of nitrogens with zero attached hydrogens (tertiary/aromatic N) is 1. The molecule has 1 rings (SSSR count). The summed E-state index contributed by atoms with van der Waals surface area (Å²) >= 11 is 0. The number of amidine groups is 1. The predicted molar refractivity (Wildman–Crippen MR) is 46.4 cm³/mol. The molecular weight excluding hydrogens is 138 g/mol. The predicted octanol–water partition coefficient (Wildman–Crippen LogP) is 0.994. The van der Waals surface area contributed by atoms with Gasteiger partial charge < -0.3 is 10.2 Å². The van der Waals surface area contributed by atoms with Gasteiger partial charge in [0.15, 0.2) is 0 Å². The Balaban J connectivity index is 2.75. The topological polar surface area (TPSA) is 39.1 Å². The molecule has 1 atom stereocenters. The molecule has 11 heavy (non-hydrogen) atoms. The van der Waals surface area contributed by atoms with Crippen LogP contribution < -0.4 is 5.32 Å². The minimum absolute atomic E-state index is 0.146. The van der Waals surface area contributed by atoms with E-state index in [1.165, 1.54) is 0 Å². The van der Waals surface area contributed by atoms with E-state index in [2.05, 4.69) is 25.7 Å². The Kier molecular flexibility index (Phi) is 1.89. The van der Waals surface area contributed by atoms with Crippen molar-refractivity contribution in [2.45, 2.75) is 19.9 Å². The highest BCUT2D eigenvalue weighted by atomic mass is 15.3. The molecule has 0 radical (unpaired) electrons. The maximum Gasteiger partial charge on any atom is 0.124 e. The fourth-order valence-electron chi connectivity index (χ4n) is 1.18. The third-order valence-corrected chi connectivity index (χ3v) is 2.05. The highest BCUT2D eigenvalue weighted by Gasteiger charge is 2.29. The van der Waals surface area contributed by atoms with Crippen LogP contribution in [0.4, 0.5) is 0 Å². The zero-order valence-electron chi connectivity index (χ0n) is 7.31. The maximum absolute atomic E-state index is 7.68. The average molecular weight is 153 g/mol. The van der Waals surface area contributed by atoms with Gasteiger partial charge in [-0.15, -0.1) is 0 Å². The second kappa shape index (κ2) is 2.57. The molecule has 0 aromatic rings. The van der Waals surface area contributed by atoms with Crippen LogP contribution in [0.15, 0.2) is 12.4 Å². The van der Waals surface area contributed by atoms with E-state index in [0.717, 1.165) is 5.82 Å². The van der Waals surface area contributed by atoms with Crippen molar-refractivity contribution in [3.8, 4) is 0 Å². The summed E-state index contributed by atoms with van der Waals surface area (Å²) in [4.78, 5) is 1.78. The first-order chi connectivity index (χ1) is 5.04. The summed E-state index contributed by atoms with van der Waals surface area (Å²) in [7, 11) is 1.86. The largest absolute Gasteiger partial charge is 0.362 e. The molecule has 0 aromatic heterocycles. The standard InChI is InChI=1S/C8H15N3/c1-5(2)7-8(9)11(4)6(3)10-7/h5,7,9-10H,3H2,1-2,4H3. The Morgan fingerprint density at radius 1 is 1.64 bits per heavy atom. The third-order valence-electron chi connectivity index (χ3n) is 2.05. The smallest absolute Gasteiger partial charge is 0.124 e. The summed E-state index contributed by atoms with van der Waals surface area (Å²) in [5.74, 6) is 1.89. The van der Waals surface area contributed by atoms with Crippen LogP contribution in [0, 0.1) is 11.3 Å². The number of rotatable bonds is 1. The van der Waals surface area contributed by atoms with Gasteiger partial charge in [-0.2, -0.15) is 0 Å². The minimum Gasteiger partial charge on any atom is -0.362 e. The van der Waals surface area contributed by atoms with Gasteiger partial charge in [-0.3, -0.25) is 5.41 Å². The van der Waals surface area contributed by atoms with Crippen molar-refractivity contribution in [1.82, 2.24) is 10.2 Å². The van der Waals surface area contributed by atoms with Crippen LogP contribution in [-0.2, 0) is 0 Å². The monoisotopic (exact) mass is 153 g/mol. The van der Waals surface area contributed by atoms with Crippen molar-refractivity contribution in [1.29, 1.82) is 5.41 Å². The summed E-state index contributed by atoms with van der Waals surface area (Å²) in [5, 5.41) is 10.8. The van der Waals surface area contributed by atoms with Gasteiger partial charge in [0, 0.05) is 7.05 Å². The minimum atomic E-state index is 0.146. The van der Waals surface area contributed by atoms with Crippen LogP contribution in [0.1, 0.15) is 13.8 Å². The molecular formula is C8H15N3. The highest BCUT2D eigenvalue weighted by molar-refractivity contribution is 5.88. The Bertz CT molecular complexity index is 196. The van der Waals surface area contributed by atoms with Crippen LogP contribution in [0.25, 0.3) is 0 Å². The molecule has 1 fully saturated rings. The molecule has 1 heterocycles. The molecule has 1 unspecified atom stereocenters. The lowest BCUT2D eigenvalue weighted by atomic mass is 10.0. The molecule has 0 aromatic carbocycles. The van der Waals surface area contributed by atoms with E-state index in [9.17, 15) is 0 Å². The number of hydrogen-bond acceptors (Lipinski definition) is 2. The van der Waals surface area contributed by atoms with Crippen molar-refractivity contribution in [3.05, 3.63) is 12.4 Å². The molecule has 3 nitrogen and oxygen atoms in total. The molecule has 2 N–H and O–H groups in total. The van der Waals surface area contributed by atoms with Gasteiger partial charge >= 0.3 is 0 Å². The zero-order chi connectivity index (χ0) is 8.59. The van der Waals surface area contributed by atoms with Crippen molar-refractivity contribution >= 4 is 5.84 Å². The van der Waals surface area contributed by atoms with E-state index in [1.54, 1.807) is 4.90 Å². The summed E-state index contributed by atoms with van der Waals surface area (Å²) in [6.45, 7) is 7.98. The van der Waals surface area contributed by atoms with Crippen LogP contribution in [0.3, 0.4) is 0 Å². The van der Waals surface area contributed by atoms with E-state index < -0.39 is 0 Å². The number of hydrogen-bond donors (Lipinski definition) is 2. The lowest BCUT2D eigenvalue weighted by Gasteiger charge is -2.14. The summed E-state index contributed by atoms with van der Waals surface area (Å²) in [6, 6.07) is 0.146. The molecule has 0 amide bonds. The van der Waals surface area contributed by atoms with E-state index in [4.69, 9.17) is 5.41 Å². The van der Waals surface area contributed by atoms with Gasteiger partial charge in [0.05, 0.1) is 11.9 Å². The third kappa shape index (κ3) is 1.23. The van der Waals surface area contributed by atoms with Crippen LogP contribution in [-0.4, -0.2) is 23.8 Å². The molecule has 1 saturated heterocycles. The van der Waals surface area contributed by atoms with E-state index in [-0.39, 0.29) is 6.04 Å². The molecule has 1 aliphatic rings. The second-order valence-electron chi connectivity index (χ2n) is 3.26. The summed E-state index contributed by atoms with van der Waals surface area (Å²) in [5.41, 5.74) is 0. The van der Waals surface area contributed by atoms with Crippen molar-refractivity contribution in [2.75, 3.05) is 7.05 Å². The van der Waals surface area contributed by atoms with E-state index in [0.29, 0.717) is 11.8 Å². The van der Waals surface area contributed by atoms with Gasteiger partial charge in [0.1, 0.15) is 5.84 Å². The quantitative estimate of drug-likeness (QED) is 0.589. The normalized spacial score (nSPS) is 24.7. The van der Waals surface area contributed by atoms with Crippen LogP contribution >= 0.6 is 0 Å². The fourth-order valence-corrected chi connectivity index (χ4v) is 1.18. The lowest BCUT2D eigenvalue weighted by molar-refractivity contribution is 0.543. The highest BCUT2D eigenvalue weighted by Crippen LogP contribution is 2.15. The zero-order valence-corrected chi connectivity index (χ0v) is 7.31. The Labute approximate surface area is 67.6 Å². The maximum atomic E-state index is 7.68. The average Bonchev–Trinajstić information content (AvgIpc) is 2.17. The molecule has 0 saturated carbocycles. The number of nitrogens with one attached hydrogen (secondary N) is 2. The van der Waals surface area contributed by atoms with Gasteiger partial charge in [-0.25, -0.2) is 0 Å². The lowest BCUT2D eigenvalue weighted by Crippen LogP contribution is -2.33. The first-order valence-electron chi connectivity index (χ1n) is 3.81. The SMILES string of the molecule is C=C1NC(C(C)C)C(=N)N1C. The second-order valence-corrected chi connectivity index (χ2v) is 3.26. The van der Waals surface area contributed by atoms with Gasteiger partial charge in [0.2, 0.25) is 0 Å².